The number of ether oxygens (including phenoxy) is 1. The summed E-state index contributed by atoms with van der Waals surface area (Å²) in [7, 11) is 2.08. The van der Waals surface area contributed by atoms with E-state index in [0.717, 1.165) is 24.4 Å². The maximum absolute atomic E-state index is 10.9. The average Bonchev–Trinajstić information content (AvgIpc) is 2.56. The second-order valence-corrected chi connectivity index (χ2v) is 6.93. The summed E-state index contributed by atoms with van der Waals surface area (Å²) in [6.45, 7) is 3.73. The van der Waals surface area contributed by atoms with Crippen LogP contribution in [0.2, 0.25) is 0 Å². The lowest BCUT2D eigenvalue weighted by atomic mass is 10.2. The minimum atomic E-state index is -0.465. The first-order valence-electron chi connectivity index (χ1n) is 7.91. The number of benzene rings is 2. The molecule has 128 valence electrons. The van der Waals surface area contributed by atoms with E-state index in [2.05, 4.69) is 43.1 Å². The summed E-state index contributed by atoms with van der Waals surface area (Å²) in [5.41, 5.74) is 7.48. The maximum Gasteiger partial charge on any atom is 0.255 e. The van der Waals surface area contributed by atoms with E-state index in [1.54, 1.807) is 0 Å². The summed E-state index contributed by atoms with van der Waals surface area (Å²) in [4.78, 5) is 14.4. The van der Waals surface area contributed by atoms with Crippen LogP contribution in [0.25, 0.3) is 0 Å². The number of carbonyl (C=O) groups is 1. The second-order valence-electron chi connectivity index (χ2n) is 5.76. The van der Waals surface area contributed by atoms with Crippen molar-refractivity contribution in [1.82, 2.24) is 4.90 Å². The molecule has 2 aromatic rings. The molecule has 1 amide bonds. The highest BCUT2D eigenvalue weighted by Gasteiger charge is 2.07. The quantitative estimate of drug-likeness (QED) is 0.710. The van der Waals surface area contributed by atoms with Gasteiger partial charge in [0.2, 0.25) is 0 Å². The van der Waals surface area contributed by atoms with Gasteiger partial charge in [0.25, 0.3) is 5.91 Å². The van der Waals surface area contributed by atoms with Gasteiger partial charge in [-0.25, -0.2) is 0 Å². The first-order chi connectivity index (χ1) is 11.5. The molecule has 0 saturated carbocycles. The highest BCUT2D eigenvalue weighted by Crippen LogP contribution is 2.21. The molecular formula is C19H24N2O2S. The Bertz CT molecular complexity index is 659. The molecule has 4 nitrogen and oxygen atoms in total. The fraction of sp³-hybridized carbons (Fsp3) is 0.316. The third kappa shape index (κ3) is 6.26. The number of hydrogen-bond donors (Lipinski definition) is 1. The predicted octanol–water partition coefficient (Wildman–Crippen LogP) is 3.08. The lowest BCUT2D eigenvalue weighted by Gasteiger charge is -2.18. The zero-order valence-electron chi connectivity index (χ0n) is 14.2. The summed E-state index contributed by atoms with van der Waals surface area (Å²) in [6, 6.07) is 16.3. The molecule has 0 saturated heterocycles. The molecule has 0 unspecified atom stereocenters. The van der Waals surface area contributed by atoms with Crippen LogP contribution in [-0.2, 0) is 11.3 Å². The van der Waals surface area contributed by atoms with Crippen molar-refractivity contribution in [3.63, 3.8) is 0 Å². The lowest BCUT2D eigenvalue weighted by molar-refractivity contribution is -0.119. The first-order valence-corrected chi connectivity index (χ1v) is 8.90. The highest BCUT2D eigenvalue weighted by molar-refractivity contribution is 7.99. The number of rotatable bonds is 9. The van der Waals surface area contributed by atoms with Crippen LogP contribution < -0.4 is 10.5 Å². The average molecular weight is 344 g/mol. The van der Waals surface area contributed by atoms with Gasteiger partial charge in [0.1, 0.15) is 5.75 Å². The van der Waals surface area contributed by atoms with Crippen molar-refractivity contribution in [2.75, 3.05) is 26.0 Å². The zero-order chi connectivity index (χ0) is 17.4. The van der Waals surface area contributed by atoms with E-state index in [1.807, 2.05) is 36.0 Å². The van der Waals surface area contributed by atoms with Crippen molar-refractivity contribution in [2.45, 2.75) is 18.4 Å². The Labute approximate surface area is 148 Å². The molecule has 0 bridgehead atoms. The third-order valence-electron chi connectivity index (χ3n) is 3.55. The van der Waals surface area contributed by atoms with Crippen LogP contribution in [0.15, 0.2) is 53.4 Å². The number of aryl methyl sites for hydroxylation is 1. The minimum Gasteiger partial charge on any atom is -0.483 e. The molecule has 0 fully saturated rings. The molecule has 0 atom stereocenters. The number of para-hydroxylation sites is 1. The van der Waals surface area contributed by atoms with Gasteiger partial charge < -0.3 is 15.4 Å². The van der Waals surface area contributed by atoms with Gasteiger partial charge in [-0.15, -0.1) is 11.8 Å². The Morgan fingerprint density at radius 1 is 1.17 bits per heavy atom. The molecule has 2 N–H and O–H groups in total. The van der Waals surface area contributed by atoms with Crippen LogP contribution >= 0.6 is 11.8 Å². The summed E-state index contributed by atoms with van der Waals surface area (Å²) >= 11 is 1.85. The summed E-state index contributed by atoms with van der Waals surface area (Å²) in [5, 5.41) is 0. The van der Waals surface area contributed by atoms with E-state index in [-0.39, 0.29) is 6.61 Å². The van der Waals surface area contributed by atoms with E-state index in [9.17, 15) is 4.79 Å². The van der Waals surface area contributed by atoms with Gasteiger partial charge in [-0.3, -0.25) is 4.79 Å². The fourth-order valence-corrected chi connectivity index (χ4v) is 3.22. The van der Waals surface area contributed by atoms with E-state index in [4.69, 9.17) is 10.5 Å². The zero-order valence-corrected chi connectivity index (χ0v) is 15.0. The largest absolute Gasteiger partial charge is 0.483 e. The van der Waals surface area contributed by atoms with Gasteiger partial charge in [-0.2, -0.15) is 0 Å². The van der Waals surface area contributed by atoms with Gasteiger partial charge in [0.15, 0.2) is 6.61 Å². The minimum absolute atomic E-state index is 0.0933. The number of thioether (sulfide) groups is 1. The lowest BCUT2D eigenvalue weighted by Crippen LogP contribution is -2.23. The van der Waals surface area contributed by atoms with Gasteiger partial charge >= 0.3 is 0 Å². The molecule has 0 radical (unpaired) electrons. The van der Waals surface area contributed by atoms with Crippen LogP contribution in [0.1, 0.15) is 11.1 Å². The monoisotopic (exact) mass is 344 g/mol. The molecule has 0 aliphatic rings. The molecular weight excluding hydrogens is 320 g/mol. The Hall–Kier alpha value is -1.98. The molecule has 0 aliphatic carbocycles. The van der Waals surface area contributed by atoms with Crippen molar-refractivity contribution in [2.24, 2.45) is 5.73 Å². The molecule has 0 spiro atoms. The number of nitrogens with zero attached hydrogens (tertiary/aromatic N) is 1. The molecule has 0 aromatic heterocycles. The van der Waals surface area contributed by atoms with E-state index < -0.39 is 5.91 Å². The van der Waals surface area contributed by atoms with Gasteiger partial charge in [-0.05, 0) is 32.2 Å². The Morgan fingerprint density at radius 2 is 1.88 bits per heavy atom. The van der Waals surface area contributed by atoms with Crippen LogP contribution in [0.5, 0.6) is 5.75 Å². The van der Waals surface area contributed by atoms with Gasteiger partial charge in [-0.1, -0.05) is 35.9 Å². The number of hydrogen-bond acceptors (Lipinski definition) is 4. The van der Waals surface area contributed by atoms with E-state index >= 15 is 0 Å². The van der Waals surface area contributed by atoms with Crippen molar-refractivity contribution < 1.29 is 9.53 Å². The number of amides is 1. The fourth-order valence-electron chi connectivity index (χ4n) is 2.25. The topological polar surface area (TPSA) is 55.6 Å². The van der Waals surface area contributed by atoms with Crippen molar-refractivity contribution in [3.05, 3.63) is 59.7 Å². The standard InChI is InChI=1S/C19H24N2O2S/c1-15-7-9-17(10-8-15)24-12-11-21(2)13-16-5-3-4-6-18(16)23-14-19(20)22/h3-10H,11-14H2,1-2H3,(H2,20,22). The Balaban J connectivity index is 1.82. The summed E-state index contributed by atoms with van der Waals surface area (Å²) < 4.78 is 5.48. The number of carbonyl (C=O) groups excluding carboxylic acids is 1. The molecule has 2 rings (SSSR count). The molecule has 2 aromatic carbocycles. The molecule has 5 heteroatoms. The third-order valence-corrected chi connectivity index (χ3v) is 4.54. The van der Waals surface area contributed by atoms with Crippen molar-refractivity contribution in [1.29, 1.82) is 0 Å². The van der Waals surface area contributed by atoms with Crippen LogP contribution in [0.3, 0.4) is 0 Å². The Morgan fingerprint density at radius 3 is 2.58 bits per heavy atom. The van der Waals surface area contributed by atoms with Crippen molar-refractivity contribution >= 4 is 17.7 Å². The van der Waals surface area contributed by atoms with E-state index in [0.29, 0.717) is 5.75 Å². The van der Waals surface area contributed by atoms with Crippen molar-refractivity contribution in [3.8, 4) is 5.75 Å². The van der Waals surface area contributed by atoms with Gasteiger partial charge in [0.05, 0.1) is 0 Å². The van der Waals surface area contributed by atoms with Gasteiger partial charge in [0, 0.05) is 29.3 Å². The van der Waals surface area contributed by atoms with Crippen LogP contribution in [-0.4, -0.2) is 36.8 Å². The van der Waals surface area contributed by atoms with Crippen LogP contribution in [0.4, 0.5) is 0 Å². The maximum atomic E-state index is 10.9. The normalized spacial score (nSPS) is 10.8. The highest BCUT2D eigenvalue weighted by atomic mass is 32.2. The SMILES string of the molecule is Cc1ccc(SCCN(C)Cc2ccccc2OCC(N)=O)cc1. The van der Waals surface area contributed by atoms with E-state index in [1.165, 1.54) is 10.5 Å². The number of primary amides is 1. The molecule has 24 heavy (non-hydrogen) atoms. The number of nitrogens with two attached hydrogens (primary N) is 1. The second kappa shape index (κ2) is 9.35. The smallest absolute Gasteiger partial charge is 0.255 e. The molecule has 0 heterocycles. The predicted molar refractivity (Wildman–Crippen MR) is 99.4 cm³/mol. The first kappa shape index (κ1) is 18.4. The summed E-state index contributed by atoms with van der Waals surface area (Å²) in [5.74, 6) is 1.27. The Kier molecular flexibility index (Phi) is 7.15. The van der Waals surface area contributed by atoms with Crippen LogP contribution in [0, 0.1) is 6.92 Å². The summed E-state index contributed by atoms with van der Waals surface area (Å²) in [6.07, 6.45) is 0. The molecule has 0 aliphatic heterocycles.